The van der Waals surface area contributed by atoms with E-state index in [2.05, 4.69) is 36.6 Å². The minimum atomic E-state index is -0.249. The summed E-state index contributed by atoms with van der Waals surface area (Å²) in [6.07, 6.45) is 1.24. The number of amides is 3. The molecule has 1 aliphatic heterocycles. The highest BCUT2D eigenvalue weighted by molar-refractivity contribution is 5.93. The van der Waals surface area contributed by atoms with E-state index in [1.54, 1.807) is 4.90 Å². The van der Waals surface area contributed by atoms with E-state index in [1.165, 1.54) is 0 Å². The van der Waals surface area contributed by atoms with Gasteiger partial charge in [-0.15, -0.1) is 0 Å². The van der Waals surface area contributed by atoms with Gasteiger partial charge in [-0.3, -0.25) is 4.79 Å². The second-order valence-corrected chi connectivity index (χ2v) is 8.56. The van der Waals surface area contributed by atoms with Crippen LogP contribution in [0.4, 0.5) is 16.2 Å². The van der Waals surface area contributed by atoms with Gasteiger partial charge in [-0.25, -0.2) is 4.79 Å². The smallest absolute Gasteiger partial charge is 0.321 e. The van der Waals surface area contributed by atoms with Crippen LogP contribution in [0.1, 0.15) is 39.2 Å². The van der Waals surface area contributed by atoms with Crippen molar-refractivity contribution in [2.24, 2.45) is 5.16 Å². The Labute approximate surface area is 183 Å². The Bertz CT molecular complexity index is 925. The predicted octanol–water partition coefficient (Wildman–Crippen LogP) is 4.62. The molecule has 2 aromatic rings. The van der Waals surface area contributed by atoms with Crippen LogP contribution in [-0.2, 0) is 15.0 Å². The van der Waals surface area contributed by atoms with Gasteiger partial charge < -0.3 is 20.4 Å². The quantitative estimate of drug-likeness (QED) is 0.690. The number of para-hydroxylation sites is 2. The number of likely N-dealkylation sites (tertiary alicyclic amines) is 1. The number of piperidine rings is 1. The lowest BCUT2D eigenvalue weighted by Crippen LogP contribution is -2.41. The summed E-state index contributed by atoms with van der Waals surface area (Å²) < 4.78 is 0. The van der Waals surface area contributed by atoms with Crippen molar-refractivity contribution in [3.05, 3.63) is 60.2 Å². The number of hydrogen-bond donors (Lipinski definition) is 2. The minimum Gasteiger partial charge on any atom is -0.386 e. The van der Waals surface area contributed by atoms with E-state index >= 15 is 0 Å². The van der Waals surface area contributed by atoms with Crippen LogP contribution in [0.5, 0.6) is 0 Å². The topological polar surface area (TPSA) is 83.0 Å². The molecule has 1 saturated heterocycles. The van der Waals surface area contributed by atoms with Gasteiger partial charge >= 0.3 is 6.03 Å². The number of hydrogen-bond acceptors (Lipinski definition) is 4. The SMILES string of the molecule is CC(C)(C)c1ccccc1NC(=O)CON=C1CCN(C(=O)Nc2ccccc2)CC1. The van der Waals surface area contributed by atoms with E-state index in [1.807, 2.05) is 54.6 Å². The van der Waals surface area contributed by atoms with Gasteiger partial charge in [-0.1, -0.05) is 62.3 Å². The molecular weight excluding hydrogens is 392 g/mol. The normalized spacial score (nSPS) is 14.0. The summed E-state index contributed by atoms with van der Waals surface area (Å²) in [4.78, 5) is 31.7. The highest BCUT2D eigenvalue weighted by Crippen LogP contribution is 2.29. The summed E-state index contributed by atoms with van der Waals surface area (Å²) >= 11 is 0. The van der Waals surface area contributed by atoms with Crippen molar-refractivity contribution in [1.29, 1.82) is 0 Å². The Morgan fingerprint density at radius 2 is 1.61 bits per heavy atom. The van der Waals surface area contributed by atoms with Gasteiger partial charge in [0.05, 0.1) is 5.71 Å². The molecule has 0 radical (unpaired) electrons. The minimum absolute atomic E-state index is 0.0776. The molecule has 7 heteroatoms. The molecule has 0 aromatic heterocycles. The van der Waals surface area contributed by atoms with Crippen LogP contribution in [0.3, 0.4) is 0 Å². The molecule has 3 amide bonds. The molecule has 0 spiro atoms. The van der Waals surface area contributed by atoms with Crippen LogP contribution < -0.4 is 10.6 Å². The van der Waals surface area contributed by atoms with E-state index < -0.39 is 0 Å². The Morgan fingerprint density at radius 3 is 2.29 bits per heavy atom. The lowest BCUT2D eigenvalue weighted by atomic mass is 9.86. The molecule has 31 heavy (non-hydrogen) atoms. The van der Waals surface area contributed by atoms with Gasteiger partial charge in [0.2, 0.25) is 0 Å². The maximum Gasteiger partial charge on any atom is 0.321 e. The van der Waals surface area contributed by atoms with E-state index in [0.717, 1.165) is 22.6 Å². The Hall–Kier alpha value is -3.35. The van der Waals surface area contributed by atoms with E-state index in [-0.39, 0.29) is 24.0 Å². The molecule has 0 unspecified atom stereocenters. The number of nitrogens with zero attached hydrogens (tertiary/aromatic N) is 2. The Morgan fingerprint density at radius 1 is 0.968 bits per heavy atom. The lowest BCUT2D eigenvalue weighted by molar-refractivity contribution is -0.120. The number of nitrogens with one attached hydrogen (secondary N) is 2. The highest BCUT2D eigenvalue weighted by atomic mass is 16.6. The molecule has 0 aliphatic carbocycles. The fourth-order valence-electron chi connectivity index (χ4n) is 3.40. The number of oxime groups is 1. The van der Waals surface area contributed by atoms with Gasteiger partial charge in [0.25, 0.3) is 5.91 Å². The predicted molar refractivity (Wildman–Crippen MR) is 123 cm³/mol. The number of carbonyl (C=O) groups is 2. The molecule has 1 fully saturated rings. The standard InChI is InChI=1S/C24H30N4O3/c1-24(2,3)20-11-7-8-12-21(20)26-22(29)17-31-27-19-13-15-28(16-14-19)23(30)25-18-9-5-4-6-10-18/h4-12H,13-17H2,1-3H3,(H,25,30)(H,26,29). The van der Waals surface area contributed by atoms with Crippen molar-refractivity contribution in [1.82, 2.24) is 4.90 Å². The largest absolute Gasteiger partial charge is 0.386 e. The monoisotopic (exact) mass is 422 g/mol. The molecule has 0 saturated carbocycles. The number of benzene rings is 2. The van der Waals surface area contributed by atoms with Crippen molar-refractivity contribution in [2.45, 2.75) is 39.0 Å². The van der Waals surface area contributed by atoms with Crippen molar-refractivity contribution < 1.29 is 14.4 Å². The van der Waals surface area contributed by atoms with Gasteiger partial charge in [-0.05, 0) is 29.2 Å². The zero-order chi connectivity index (χ0) is 22.3. The number of carbonyl (C=O) groups excluding carboxylic acids is 2. The zero-order valence-corrected chi connectivity index (χ0v) is 18.4. The number of urea groups is 1. The molecule has 3 rings (SSSR count). The van der Waals surface area contributed by atoms with Crippen LogP contribution in [-0.4, -0.2) is 42.2 Å². The fourth-order valence-corrected chi connectivity index (χ4v) is 3.40. The molecule has 0 atom stereocenters. The molecule has 2 aromatic carbocycles. The third-order valence-electron chi connectivity index (χ3n) is 5.05. The second kappa shape index (κ2) is 10.1. The maximum atomic E-state index is 12.3. The second-order valence-electron chi connectivity index (χ2n) is 8.56. The van der Waals surface area contributed by atoms with Crippen molar-refractivity contribution in [3.63, 3.8) is 0 Å². The fraction of sp³-hybridized carbons (Fsp3) is 0.375. The van der Waals surface area contributed by atoms with E-state index in [0.29, 0.717) is 25.9 Å². The molecular formula is C24H30N4O3. The van der Waals surface area contributed by atoms with E-state index in [9.17, 15) is 9.59 Å². The van der Waals surface area contributed by atoms with Gasteiger partial charge in [-0.2, -0.15) is 0 Å². The zero-order valence-electron chi connectivity index (χ0n) is 18.4. The van der Waals surface area contributed by atoms with Crippen molar-refractivity contribution >= 4 is 29.0 Å². The molecule has 0 bridgehead atoms. The summed E-state index contributed by atoms with van der Waals surface area (Å²) in [5, 5.41) is 9.90. The van der Waals surface area contributed by atoms with Crippen LogP contribution in [0, 0.1) is 0 Å². The molecule has 1 aliphatic rings. The first-order valence-electron chi connectivity index (χ1n) is 10.5. The summed E-state index contributed by atoms with van der Waals surface area (Å²) in [5.41, 5.74) is 3.40. The van der Waals surface area contributed by atoms with Gasteiger partial charge in [0.15, 0.2) is 6.61 Å². The Kier molecular flexibility index (Phi) is 7.28. The van der Waals surface area contributed by atoms with Crippen LogP contribution in [0.2, 0.25) is 0 Å². The first-order chi connectivity index (χ1) is 14.8. The first-order valence-corrected chi connectivity index (χ1v) is 10.5. The third-order valence-corrected chi connectivity index (χ3v) is 5.05. The summed E-state index contributed by atoms with van der Waals surface area (Å²) in [7, 11) is 0. The molecule has 2 N–H and O–H groups in total. The third kappa shape index (κ3) is 6.57. The molecule has 7 nitrogen and oxygen atoms in total. The first kappa shape index (κ1) is 22.3. The maximum absolute atomic E-state index is 12.3. The Balaban J connectivity index is 1.43. The van der Waals surface area contributed by atoms with Gasteiger partial charge in [0, 0.05) is 37.3 Å². The van der Waals surface area contributed by atoms with Crippen molar-refractivity contribution in [3.8, 4) is 0 Å². The summed E-state index contributed by atoms with van der Waals surface area (Å²) in [6.45, 7) is 7.28. The number of rotatable bonds is 5. The average Bonchev–Trinajstić information content (AvgIpc) is 2.74. The highest BCUT2D eigenvalue weighted by Gasteiger charge is 2.21. The lowest BCUT2D eigenvalue weighted by Gasteiger charge is -2.27. The van der Waals surface area contributed by atoms with E-state index in [4.69, 9.17) is 4.84 Å². The van der Waals surface area contributed by atoms with Crippen LogP contribution in [0.15, 0.2) is 59.8 Å². The van der Waals surface area contributed by atoms with Gasteiger partial charge in [0.1, 0.15) is 0 Å². The van der Waals surface area contributed by atoms with Crippen LogP contribution >= 0.6 is 0 Å². The number of anilines is 2. The molecule has 164 valence electrons. The molecule has 1 heterocycles. The summed E-state index contributed by atoms with van der Waals surface area (Å²) in [6, 6.07) is 17.0. The van der Waals surface area contributed by atoms with Crippen LogP contribution in [0.25, 0.3) is 0 Å². The van der Waals surface area contributed by atoms with Crippen molar-refractivity contribution in [2.75, 3.05) is 30.3 Å². The average molecular weight is 423 g/mol. The summed E-state index contributed by atoms with van der Waals surface area (Å²) in [5.74, 6) is -0.249.